The molecule has 0 fully saturated rings. The van der Waals surface area contributed by atoms with E-state index in [4.69, 9.17) is 0 Å². The van der Waals surface area contributed by atoms with Gasteiger partial charge in [-0.3, -0.25) is 4.79 Å². The van der Waals surface area contributed by atoms with Crippen molar-refractivity contribution in [1.29, 1.82) is 0 Å². The van der Waals surface area contributed by atoms with Gasteiger partial charge in [-0.25, -0.2) is 0 Å². The van der Waals surface area contributed by atoms with Crippen molar-refractivity contribution >= 4 is 21.8 Å². The Kier molecular flexibility index (Phi) is 6.56. The second-order valence-corrected chi connectivity index (χ2v) is 5.78. The first kappa shape index (κ1) is 16.2. The van der Waals surface area contributed by atoms with Crippen molar-refractivity contribution in [3.8, 4) is 0 Å². The lowest BCUT2D eigenvalue weighted by atomic mass is 9.84. The summed E-state index contributed by atoms with van der Waals surface area (Å²) in [6.07, 6.45) is 2.61. The normalized spacial score (nSPS) is 11.4. The maximum atomic E-state index is 12.0. The van der Waals surface area contributed by atoms with E-state index in [9.17, 15) is 4.79 Å². The Bertz CT molecular complexity index is 405. The summed E-state index contributed by atoms with van der Waals surface area (Å²) in [5.74, 6) is 0.113. The van der Waals surface area contributed by atoms with Gasteiger partial charge in [0.05, 0.1) is 6.42 Å². The number of halogens is 1. The van der Waals surface area contributed by atoms with Crippen LogP contribution >= 0.6 is 15.9 Å². The molecule has 1 rings (SSSR count). The van der Waals surface area contributed by atoms with E-state index in [0.717, 1.165) is 30.3 Å². The zero-order valence-electron chi connectivity index (χ0n) is 12.1. The molecule has 19 heavy (non-hydrogen) atoms. The Morgan fingerprint density at radius 3 is 2.42 bits per heavy atom. The highest BCUT2D eigenvalue weighted by Crippen LogP contribution is 2.27. The number of carbonyl (C=O) groups is 1. The zero-order valence-corrected chi connectivity index (χ0v) is 13.7. The van der Waals surface area contributed by atoms with E-state index in [-0.39, 0.29) is 11.3 Å². The van der Waals surface area contributed by atoms with E-state index in [1.807, 2.05) is 31.2 Å². The molecule has 0 aliphatic heterocycles. The number of carbonyl (C=O) groups excluding carboxylic acids is 1. The Morgan fingerprint density at radius 2 is 1.89 bits per heavy atom. The smallest absolute Gasteiger partial charge is 0.224 e. The average molecular weight is 326 g/mol. The molecule has 1 amide bonds. The largest absolute Gasteiger partial charge is 0.355 e. The molecule has 2 nitrogen and oxygen atoms in total. The van der Waals surface area contributed by atoms with Gasteiger partial charge >= 0.3 is 0 Å². The molecule has 0 aromatic heterocycles. The molecule has 0 saturated carbocycles. The molecule has 0 radical (unpaired) electrons. The minimum atomic E-state index is 0.113. The van der Waals surface area contributed by atoms with E-state index in [1.54, 1.807) is 0 Å². The molecular formula is C16H24BrNO. The first-order chi connectivity index (χ1) is 9.06. The number of hydrogen-bond acceptors (Lipinski definition) is 1. The predicted molar refractivity (Wildman–Crippen MR) is 84.7 cm³/mol. The molecule has 3 heteroatoms. The number of benzene rings is 1. The van der Waals surface area contributed by atoms with E-state index >= 15 is 0 Å². The molecule has 0 spiro atoms. The van der Waals surface area contributed by atoms with E-state index in [0.29, 0.717) is 6.42 Å². The topological polar surface area (TPSA) is 29.1 Å². The minimum Gasteiger partial charge on any atom is -0.355 e. The Labute approximate surface area is 125 Å². The molecule has 0 aliphatic carbocycles. The summed E-state index contributed by atoms with van der Waals surface area (Å²) in [6.45, 7) is 7.15. The van der Waals surface area contributed by atoms with Gasteiger partial charge in [0.2, 0.25) is 5.91 Å². The maximum Gasteiger partial charge on any atom is 0.224 e. The summed E-state index contributed by atoms with van der Waals surface area (Å²) in [4.78, 5) is 12.0. The number of alkyl halides is 1. The molecule has 0 heterocycles. The number of amides is 1. The molecule has 0 aliphatic rings. The Hall–Kier alpha value is -0.830. The van der Waals surface area contributed by atoms with Crippen molar-refractivity contribution in [3.63, 3.8) is 0 Å². The van der Waals surface area contributed by atoms with Gasteiger partial charge in [-0.1, -0.05) is 54.0 Å². The number of hydrogen-bond donors (Lipinski definition) is 1. The third-order valence-corrected chi connectivity index (χ3v) is 5.25. The summed E-state index contributed by atoms with van der Waals surface area (Å²) in [5.41, 5.74) is 2.47. The molecule has 0 atom stereocenters. The van der Waals surface area contributed by atoms with Crippen LogP contribution in [0.2, 0.25) is 0 Å². The van der Waals surface area contributed by atoms with Gasteiger partial charge in [-0.2, -0.15) is 0 Å². The minimum absolute atomic E-state index is 0.113. The first-order valence-corrected chi connectivity index (χ1v) is 8.06. The van der Waals surface area contributed by atoms with Crippen molar-refractivity contribution < 1.29 is 4.79 Å². The van der Waals surface area contributed by atoms with Crippen LogP contribution in [0.4, 0.5) is 0 Å². The highest BCUT2D eigenvalue weighted by atomic mass is 79.9. The van der Waals surface area contributed by atoms with Crippen LogP contribution in [0.5, 0.6) is 0 Å². The summed E-state index contributed by atoms with van der Waals surface area (Å²) in [7, 11) is 0. The van der Waals surface area contributed by atoms with Gasteiger partial charge in [0.15, 0.2) is 0 Å². The molecule has 1 aromatic rings. The number of aryl methyl sites for hydroxylation is 1. The van der Waals surface area contributed by atoms with Crippen LogP contribution in [0.1, 0.15) is 37.8 Å². The second-order valence-electron chi connectivity index (χ2n) is 5.22. The summed E-state index contributed by atoms with van der Waals surface area (Å²) in [5, 5.41) is 4.01. The third-order valence-electron chi connectivity index (χ3n) is 4.06. The van der Waals surface area contributed by atoms with Gasteiger partial charge in [0, 0.05) is 11.9 Å². The molecule has 0 saturated heterocycles. The van der Waals surface area contributed by atoms with Crippen molar-refractivity contribution in [3.05, 3.63) is 35.4 Å². The summed E-state index contributed by atoms with van der Waals surface area (Å²) >= 11 is 3.57. The fourth-order valence-electron chi connectivity index (χ4n) is 2.07. The lowest BCUT2D eigenvalue weighted by molar-refractivity contribution is -0.120. The maximum absolute atomic E-state index is 12.0. The number of rotatable bonds is 7. The monoisotopic (exact) mass is 325 g/mol. The molecule has 106 valence electrons. The molecule has 0 bridgehead atoms. The van der Waals surface area contributed by atoms with Gasteiger partial charge < -0.3 is 5.32 Å². The van der Waals surface area contributed by atoms with Crippen molar-refractivity contribution in [2.24, 2.45) is 5.41 Å². The van der Waals surface area contributed by atoms with Crippen LogP contribution in [0.15, 0.2) is 24.3 Å². The van der Waals surface area contributed by atoms with Crippen molar-refractivity contribution in [1.82, 2.24) is 5.32 Å². The Morgan fingerprint density at radius 1 is 1.26 bits per heavy atom. The van der Waals surface area contributed by atoms with Crippen LogP contribution in [0.25, 0.3) is 0 Å². The van der Waals surface area contributed by atoms with Crippen LogP contribution in [-0.4, -0.2) is 17.8 Å². The molecule has 1 aromatic carbocycles. The fourth-order valence-corrected chi connectivity index (χ4v) is 3.06. The highest BCUT2D eigenvalue weighted by Gasteiger charge is 2.25. The standard InChI is InChI=1S/C16H24BrNO/c1-4-16(5-2,11-17)12-18-15(19)10-14-9-7-6-8-13(14)3/h6-9H,4-5,10-12H2,1-3H3,(H,18,19). The van der Waals surface area contributed by atoms with Gasteiger partial charge in [0.1, 0.15) is 0 Å². The third kappa shape index (κ3) is 4.64. The summed E-state index contributed by atoms with van der Waals surface area (Å²) in [6, 6.07) is 8.05. The van der Waals surface area contributed by atoms with Crippen molar-refractivity contribution in [2.75, 3.05) is 11.9 Å². The Balaban J connectivity index is 2.55. The van der Waals surface area contributed by atoms with Crippen LogP contribution in [0.3, 0.4) is 0 Å². The lowest BCUT2D eigenvalue weighted by Gasteiger charge is -2.29. The first-order valence-electron chi connectivity index (χ1n) is 6.94. The SMILES string of the molecule is CCC(CC)(CBr)CNC(=O)Cc1ccccc1C. The van der Waals surface area contributed by atoms with Gasteiger partial charge in [-0.05, 0) is 36.3 Å². The molecule has 1 N–H and O–H groups in total. The van der Waals surface area contributed by atoms with Gasteiger partial charge in [-0.15, -0.1) is 0 Å². The highest BCUT2D eigenvalue weighted by molar-refractivity contribution is 9.09. The van der Waals surface area contributed by atoms with Gasteiger partial charge in [0.25, 0.3) is 0 Å². The van der Waals surface area contributed by atoms with E-state index < -0.39 is 0 Å². The van der Waals surface area contributed by atoms with Crippen LogP contribution in [-0.2, 0) is 11.2 Å². The zero-order chi connectivity index (χ0) is 14.3. The van der Waals surface area contributed by atoms with Crippen LogP contribution < -0.4 is 5.32 Å². The van der Waals surface area contributed by atoms with E-state index in [2.05, 4.69) is 35.1 Å². The fraction of sp³-hybridized carbons (Fsp3) is 0.562. The van der Waals surface area contributed by atoms with Crippen molar-refractivity contribution in [2.45, 2.75) is 40.0 Å². The molecule has 0 unspecified atom stereocenters. The predicted octanol–water partition coefficient (Wildman–Crippen LogP) is 3.86. The molecular weight excluding hydrogens is 302 g/mol. The summed E-state index contributed by atoms with van der Waals surface area (Å²) < 4.78 is 0. The van der Waals surface area contributed by atoms with Crippen LogP contribution in [0, 0.1) is 12.3 Å². The van der Waals surface area contributed by atoms with E-state index in [1.165, 1.54) is 5.56 Å². The lowest BCUT2D eigenvalue weighted by Crippen LogP contribution is -2.38. The average Bonchev–Trinajstić information content (AvgIpc) is 2.44. The quantitative estimate of drug-likeness (QED) is 0.758. The number of nitrogens with one attached hydrogen (secondary N) is 1. The second kappa shape index (κ2) is 7.68.